The standard InChI is InChI=1S/C8H16OS/c1-5-10-8(4)6-9-7(2)3/h7-8H,1-2,5-6H2,3-4H3. The fourth-order valence-electron chi connectivity index (χ4n) is 0.549. The van der Waals surface area contributed by atoms with Crippen LogP contribution < -0.4 is 0 Å². The van der Waals surface area contributed by atoms with Gasteiger partial charge in [-0.05, 0) is 26.5 Å². The predicted octanol–water partition coefficient (Wildman–Crippen LogP) is 2.18. The molecule has 60 valence electrons. The van der Waals surface area contributed by atoms with Gasteiger partial charge in [0, 0.05) is 5.25 Å². The van der Waals surface area contributed by atoms with Crippen molar-refractivity contribution >= 4 is 11.8 Å². The minimum atomic E-state index is 0.105. The molecule has 0 aliphatic heterocycles. The highest BCUT2D eigenvalue weighted by atomic mass is 32.2. The Kier molecular flexibility index (Phi) is 6.24. The minimum Gasteiger partial charge on any atom is -0.377 e. The molecular formula is C8H16OS. The fourth-order valence-corrected chi connectivity index (χ4v) is 1.13. The van der Waals surface area contributed by atoms with E-state index in [1.165, 1.54) is 0 Å². The van der Waals surface area contributed by atoms with Gasteiger partial charge in [-0.3, -0.25) is 0 Å². The van der Waals surface area contributed by atoms with Crippen molar-refractivity contribution in [2.24, 2.45) is 0 Å². The van der Waals surface area contributed by atoms with Gasteiger partial charge in [0.1, 0.15) is 0 Å². The average Bonchev–Trinajstić information content (AvgIpc) is 1.85. The van der Waals surface area contributed by atoms with Gasteiger partial charge in [-0.25, -0.2) is 0 Å². The van der Waals surface area contributed by atoms with E-state index in [4.69, 9.17) is 4.74 Å². The van der Waals surface area contributed by atoms with E-state index in [0.29, 0.717) is 5.25 Å². The molecule has 0 saturated heterocycles. The fraction of sp³-hybridized carbons (Fsp3) is 0.750. The zero-order chi connectivity index (χ0) is 7.98. The summed E-state index contributed by atoms with van der Waals surface area (Å²) in [5.41, 5.74) is 0. The highest BCUT2D eigenvalue weighted by Gasteiger charge is 2.01. The largest absolute Gasteiger partial charge is 0.377 e. The number of thioether (sulfide) groups is 1. The summed E-state index contributed by atoms with van der Waals surface area (Å²) in [5, 5.41) is 0.543. The first-order valence-electron chi connectivity index (χ1n) is 3.52. The molecule has 0 amide bonds. The van der Waals surface area contributed by atoms with Crippen LogP contribution in [0.2, 0.25) is 0 Å². The van der Waals surface area contributed by atoms with Gasteiger partial charge in [-0.1, -0.05) is 6.92 Å². The summed E-state index contributed by atoms with van der Waals surface area (Å²) < 4.78 is 5.30. The lowest BCUT2D eigenvalue weighted by molar-refractivity contribution is 0.0990. The highest BCUT2D eigenvalue weighted by Crippen LogP contribution is 2.09. The molecule has 0 N–H and O–H groups in total. The van der Waals surface area contributed by atoms with E-state index >= 15 is 0 Å². The summed E-state index contributed by atoms with van der Waals surface area (Å²) in [6.07, 6.45) is 0.105. The van der Waals surface area contributed by atoms with E-state index in [2.05, 4.69) is 20.8 Å². The second-order valence-electron chi connectivity index (χ2n) is 2.33. The summed E-state index contributed by atoms with van der Waals surface area (Å²) in [5.74, 6) is 0.913. The molecule has 0 spiro atoms. The number of rotatable bonds is 5. The lowest BCUT2D eigenvalue weighted by atomic mass is 10.4. The second kappa shape index (κ2) is 6.05. The van der Waals surface area contributed by atoms with Crippen molar-refractivity contribution in [3.05, 3.63) is 13.8 Å². The van der Waals surface area contributed by atoms with Crippen LogP contribution in [0.1, 0.15) is 13.8 Å². The molecule has 0 aromatic rings. The lowest BCUT2D eigenvalue weighted by Gasteiger charge is -2.12. The van der Waals surface area contributed by atoms with Crippen LogP contribution in [0.4, 0.5) is 0 Å². The van der Waals surface area contributed by atoms with Gasteiger partial charge in [0.2, 0.25) is 0 Å². The van der Waals surface area contributed by atoms with E-state index in [1.807, 2.05) is 18.7 Å². The molecule has 0 fully saturated rings. The molecule has 0 aliphatic rings. The molecule has 0 bridgehead atoms. The summed E-state index contributed by atoms with van der Waals surface area (Å²) in [6.45, 7) is 12.3. The molecule has 0 heterocycles. The van der Waals surface area contributed by atoms with Crippen molar-refractivity contribution < 1.29 is 4.74 Å². The molecule has 0 aliphatic carbocycles. The minimum absolute atomic E-state index is 0.105. The molecule has 0 saturated carbocycles. The van der Waals surface area contributed by atoms with Crippen molar-refractivity contribution in [1.29, 1.82) is 0 Å². The van der Waals surface area contributed by atoms with Gasteiger partial charge < -0.3 is 4.74 Å². The molecule has 0 aromatic heterocycles. The molecule has 10 heavy (non-hydrogen) atoms. The van der Waals surface area contributed by atoms with Gasteiger partial charge in [-0.2, -0.15) is 11.8 Å². The van der Waals surface area contributed by atoms with Crippen molar-refractivity contribution in [2.75, 3.05) is 12.4 Å². The molecule has 2 unspecified atom stereocenters. The van der Waals surface area contributed by atoms with Crippen LogP contribution >= 0.6 is 11.8 Å². The maximum absolute atomic E-state index is 5.30. The molecule has 2 radical (unpaired) electrons. The summed E-state index contributed by atoms with van der Waals surface area (Å²) in [4.78, 5) is 0. The van der Waals surface area contributed by atoms with Crippen molar-refractivity contribution in [3.63, 3.8) is 0 Å². The first-order valence-corrected chi connectivity index (χ1v) is 4.57. The van der Waals surface area contributed by atoms with Crippen LogP contribution in [0, 0.1) is 13.8 Å². The van der Waals surface area contributed by atoms with Crippen molar-refractivity contribution in [2.45, 2.75) is 25.2 Å². The third kappa shape index (κ3) is 6.43. The Labute approximate surface area is 68.5 Å². The Balaban J connectivity index is 3.12. The smallest absolute Gasteiger partial charge is 0.0585 e. The third-order valence-electron chi connectivity index (χ3n) is 1.02. The van der Waals surface area contributed by atoms with E-state index in [1.54, 1.807) is 0 Å². The summed E-state index contributed by atoms with van der Waals surface area (Å²) in [6, 6.07) is 0. The number of hydrogen-bond donors (Lipinski definition) is 0. The topological polar surface area (TPSA) is 9.23 Å². The van der Waals surface area contributed by atoms with Gasteiger partial charge in [0.15, 0.2) is 0 Å². The van der Waals surface area contributed by atoms with E-state index < -0.39 is 0 Å². The highest BCUT2D eigenvalue weighted by molar-refractivity contribution is 7.99. The Morgan fingerprint density at radius 2 is 2.10 bits per heavy atom. The number of hydrogen-bond acceptors (Lipinski definition) is 2. The molecule has 0 aromatic carbocycles. The van der Waals surface area contributed by atoms with Crippen LogP contribution in [0.5, 0.6) is 0 Å². The zero-order valence-corrected chi connectivity index (χ0v) is 7.62. The molecule has 2 heteroatoms. The molecule has 0 rings (SSSR count). The number of ether oxygens (including phenoxy) is 1. The predicted molar refractivity (Wildman–Crippen MR) is 48.0 cm³/mol. The van der Waals surface area contributed by atoms with Crippen molar-refractivity contribution in [3.8, 4) is 0 Å². The van der Waals surface area contributed by atoms with Crippen molar-refractivity contribution in [1.82, 2.24) is 0 Å². The second-order valence-corrected chi connectivity index (χ2v) is 3.87. The summed E-state index contributed by atoms with van der Waals surface area (Å²) >= 11 is 1.81. The first kappa shape index (κ1) is 10.3. The van der Waals surface area contributed by atoms with E-state index in [0.717, 1.165) is 12.4 Å². The van der Waals surface area contributed by atoms with Crippen LogP contribution in [0.3, 0.4) is 0 Å². The van der Waals surface area contributed by atoms with Gasteiger partial charge in [0.25, 0.3) is 0 Å². The molecule has 2 atom stereocenters. The Bertz CT molecular complexity index is 73.7. The Morgan fingerprint density at radius 3 is 2.50 bits per heavy atom. The van der Waals surface area contributed by atoms with Crippen LogP contribution in [0.25, 0.3) is 0 Å². The zero-order valence-electron chi connectivity index (χ0n) is 6.80. The van der Waals surface area contributed by atoms with Gasteiger partial charge in [0.05, 0.1) is 12.7 Å². The van der Waals surface area contributed by atoms with Gasteiger partial charge >= 0.3 is 0 Å². The lowest BCUT2D eigenvalue weighted by Crippen LogP contribution is -2.12. The quantitative estimate of drug-likeness (QED) is 0.609. The van der Waals surface area contributed by atoms with E-state index in [9.17, 15) is 0 Å². The average molecular weight is 160 g/mol. The van der Waals surface area contributed by atoms with Crippen LogP contribution in [-0.2, 0) is 4.74 Å². The monoisotopic (exact) mass is 160 g/mol. The molecular weight excluding hydrogens is 144 g/mol. The third-order valence-corrected chi connectivity index (χ3v) is 1.96. The SMILES string of the molecule is [CH2]CSC(C)COC([CH2])C. The van der Waals surface area contributed by atoms with Gasteiger partial charge in [-0.15, -0.1) is 0 Å². The van der Waals surface area contributed by atoms with E-state index in [-0.39, 0.29) is 6.10 Å². The molecule has 1 nitrogen and oxygen atoms in total. The summed E-state index contributed by atoms with van der Waals surface area (Å²) in [7, 11) is 0. The van der Waals surface area contributed by atoms with Crippen LogP contribution in [-0.4, -0.2) is 23.7 Å². The first-order chi connectivity index (χ1) is 4.66. The Morgan fingerprint density at radius 1 is 1.50 bits per heavy atom. The van der Waals surface area contributed by atoms with Crippen LogP contribution in [0.15, 0.2) is 0 Å². The normalized spacial score (nSPS) is 14.1. The Hall–Kier alpha value is 0.310. The maximum atomic E-state index is 5.30. The maximum Gasteiger partial charge on any atom is 0.0585 e.